The molecule has 2 bridgehead atoms. The van der Waals surface area contributed by atoms with Crippen molar-refractivity contribution in [2.24, 2.45) is 10.9 Å². The van der Waals surface area contributed by atoms with Crippen LogP contribution >= 0.6 is 0 Å². The van der Waals surface area contributed by atoms with Gasteiger partial charge in [-0.3, -0.25) is 0 Å². The Hall–Kier alpha value is -1.89. The number of oxime groups is 1. The average Bonchev–Trinajstić information content (AvgIpc) is 2.69. The second kappa shape index (κ2) is 5.14. The molecule has 0 amide bonds. The van der Waals surface area contributed by atoms with E-state index in [2.05, 4.69) is 5.16 Å². The molecule has 2 unspecified atom stereocenters. The van der Waals surface area contributed by atoms with Crippen molar-refractivity contribution in [3.8, 4) is 0 Å². The molecule has 0 aliphatic carbocycles. The fourth-order valence-corrected chi connectivity index (χ4v) is 3.53. The monoisotopic (exact) mass is 297 g/mol. The minimum atomic E-state index is -0.732. The second-order valence-corrected chi connectivity index (χ2v) is 5.69. The molecule has 0 saturated carbocycles. The zero-order valence-corrected chi connectivity index (χ0v) is 11.3. The van der Waals surface area contributed by atoms with Gasteiger partial charge in [-0.05, 0) is 37.8 Å². The average molecular weight is 297 g/mol. The lowest BCUT2D eigenvalue weighted by atomic mass is 9.98. The van der Waals surface area contributed by atoms with Crippen LogP contribution in [0, 0.1) is 11.6 Å². The van der Waals surface area contributed by atoms with Crippen molar-refractivity contribution in [3.05, 3.63) is 29.3 Å². The topological polar surface area (TPSA) is 82.1 Å². The number of fused-ring (bicyclic) bond motifs is 2. The number of hydrogen-bond donors (Lipinski definition) is 3. The maximum absolute atomic E-state index is 14.3. The van der Waals surface area contributed by atoms with Crippen molar-refractivity contribution in [1.82, 2.24) is 0 Å². The summed E-state index contributed by atoms with van der Waals surface area (Å²) in [6.07, 6.45) is 2.29. The number of amidine groups is 1. The lowest BCUT2D eigenvalue weighted by Gasteiger charge is -2.39. The number of rotatable bonds is 2. The van der Waals surface area contributed by atoms with Crippen LogP contribution in [-0.2, 0) is 0 Å². The maximum Gasteiger partial charge on any atom is 0.170 e. The van der Waals surface area contributed by atoms with Crippen molar-refractivity contribution in [3.63, 3.8) is 0 Å². The molecule has 0 aromatic heterocycles. The zero-order valence-electron chi connectivity index (χ0n) is 11.3. The summed E-state index contributed by atoms with van der Waals surface area (Å²) in [7, 11) is 0. The number of hydrogen-bond acceptors (Lipinski definition) is 4. The number of nitrogens with zero attached hydrogens (tertiary/aromatic N) is 2. The van der Waals surface area contributed by atoms with Crippen molar-refractivity contribution in [1.29, 1.82) is 0 Å². The van der Waals surface area contributed by atoms with Gasteiger partial charge in [-0.1, -0.05) is 5.16 Å². The fourth-order valence-electron chi connectivity index (χ4n) is 3.53. The summed E-state index contributed by atoms with van der Waals surface area (Å²) in [6, 6.07) is 2.05. The number of benzene rings is 1. The van der Waals surface area contributed by atoms with E-state index >= 15 is 0 Å². The van der Waals surface area contributed by atoms with Crippen molar-refractivity contribution < 1.29 is 19.1 Å². The quantitative estimate of drug-likeness (QED) is 0.335. The van der Waals surface area contributed by atoms with Crippen molar-refractivity contribution in [2.75, 3.05) is 4.90 Å². The summed E-state index contributed by atoms with van der Waals surface area (Å²) < 4.78 is 28.7. The molecule has 114 valence electrons. The van der Waals surface area contributed by atoms with Crippen LogP contribution in [0.1, 0.15) is 31.2 Å². The van der Waals surface area contributed by atoms with Gasteiger partial charge in [-0.25, -0.2) is 8.78 Å². The van der Waals surface area contributed by atoms with E-state index < -0.39 is 17.7 Å². The molecule has 4 N–H and O–H groups in total. The molecule has 7 heteroatoms. The first-order valence-corrected chi connectivity index (χ1v) is 6.94. The standard InChI is InChI=1S/C14H17F2N3O2/c15-11-3-7(14(17)18-21)4-12(16)13(11)19-8-1-2-9(19)6-10(20)5-8/h3-4,8-10,20-21H,1-2,5-6H2,(H2,17,18). The molecule has 0 spiro atoms. The highest BCUT2D eigenvalue weighted by Crippen LogP contribution is 2.41. The minimum Gasteiger partial charge on any atom is -0.409 e. The summed E-state index contributed by atoms with van der Waals surface area (Å²) in [5.74, 6) is -1.80. The second-order valence-electron chi connectivity index (χ2n) is 5.69. The van der Waals surface area contributed by atoms with E-state index in [-0.39, 0.29) is 29.2 Å². The van der Waals surface area contributed by atoms with Crippen LogP contribution in [0.5, 0.6) is 0 Å². The van der Waals surface area contributed by atoms with E-state index in [1.54, 1.807) is 4.90 Å². The lowest BCUT2D eigenvalue weighted by molar-refractivity contribution is 0.125. The Bertz CT molecular complexity index is 557. The van der Waals surface area contributed by atoms with Crippen LogP contribution in [0.4, 0.5) is 14.5 Å². The molecule has 2 atom stereocenters. The van der Waals surface area contributed by atoms with E-state index in [9.17, 15) is 13.9 Å². The van der Waals surface area contributed by atoms with Crippen LogP contribution in [-0.4, -0.2) is 34.3 Å². The van der Waals surface area contributed by atoms with Gasteiger partial charge in [0.2, 0.25) is 0 Å². The van der Waals surface area contributed by atoms with Gasteiger partial charge >= 0.3 is 0 Å². The summed E-state index contributed by atoms with van der Waals surface area (Å²) >= 11 is 0. The minimum absolute atomic E-state index is 0.000594. The molecule has 0 radical (unpaired) electrons. The third-order valence-corrected chi connectivity index (χ3v) is 4.39. The Morgan fingerprint density at radius 1 is 1.19 bits per heavy atom. The summed E-state index contributed by atoms with van der Waals surface area (Å²) in [6.45, 7) is 0. The van der Waals surface area contributed by atoms with Crippen LogP contribution < -0.4 is 10.6 Å². The number of nitrogens with two attached hydrogens (primary N) is 1. The molecule has 2 aliphatic rings. The van der Waals surface area contributed by atoms with E-state index in [1.165, 1.54) is 0 Å². The Kier molecular flexibility index (Phi) is 3.44. The molecule has 2 heterocycles. The molecule has 2 fully saturated rings. The van der Waals surface area contributed by atoms with Crippen molar-refractivity contribution in [2.45, 2.75) is 43.9 Å². The number of aliphatic hydroxyl groups excluding tert-OH is 1. The molecular formula is C14H17F2N3O2. The number of anilines is 1. The largest absolute Gasteiger partial charge is 0.409 e. The smallest absolute Gasteiger partial charge is 0.170 e. The van der Waals surface area contributed by atoms with Gasteiger partial charge < -0.3 is 20.9 Å². The SMILES string of the molecule is N/C(=N/O)c1cc(F)c(N2C3CCC2CC(O)C3)c(F)c1. The highest BCUT2D eigenvalue weighted by Gasteiger charge is 2.42. The summed E-state index contributed by atoms with van der Waals surface area (Å²) in [4.78, 5) is 1.74. The Morgan fingerprint density at radius 2 is 1.71 bits per heavy atom. The molecule has 2 saturated heterocycles. The van der Waals surface area contributed by atoms with Crippen LogP contribution in [0.25, 0.3) is 0 Å². The molecule has 1 aromatic rings. The van der Waals surface area contributed by atoms with Gasteiger partial charge in [-0.15, -0.1) is 0 Å². The first kappa shape index (κ1) is 14.1. The van der Waals surface area contributed by atoms with Gasteiger partial charge in [0.25, 0.3) is 0 Å². The van der Waals surface area contributed by atoms with Gasteiger partial charge in [-0.2, -0.15) is 0 Å². The van der Waals surface area contributed by atoms with E-state index in [1.807, 2.05) is 0 Å². The lowest BCUT2D eigenvalue weighted by Crippen LogP contribution is -2.45. The Morgan fingerprint density at radius 3 is 2.19 bits per heavy atom. The normalized spacial score (nSPS) is 29.0. The third kappa shape index (κ3) is 2.31. The molecule has 21 heavy (non-hydrogen) atoms. The van der Waals surface area contributed by atoms with Crippen molar-refractivity contribution >= 4 is 11.5 Å². The Labute approximate surface area is 120 Å². The third-order valence-electron chi connectivity index (χ3n) is 4.39. The molecule has 3 rings (SSSR count). The van der Waals surface area contributed by atoms with Crippen LogP contribution in [0.15, 0.2) is 17.3 Å². The maximum atomic E-state index is 14.3. The summed E-state index contributed by atoms with van der Waals surface area (Å²) in [5.41, 5.74) is 5.29. The Balaban J connectivity index is 2.00. The molecule has 2 aliphatic heterocycles. The number of aliphatic hydroxyl groups is 1. The predicted molar refractivity (Wildman–Crippen MR) is 73.4 cm³/mol. The van der Waals surface area contributed by atoms with E-state index in [0.717, 1.165) is 25.0 Å². The predicted octanol–water partition coefficient (Wildman–Crippen LogP) is 1.55. The van der Waals surface area contributed by atoms with Gasteiger partial charge in [0.1, 0.15) is 17.3 Å². The van der Waals surface area contributed by atoms with Crippen LogP contribution in [0.3, 0.4) is 0 Å². The first-order chi connectivity index (χ1) is 10.0. The molecule has 1 aromatic carbocycles. The summed E-state index contributed by atoms with van der Waals surface area (Å²) in [5, 5.41) is 21.1. The fraction of sp³-hybridized carbons (Fsp3) is 0.500. The van der Waals surface area contributed by atoms with Gasteiger partial charge in [0, 0.05) is 17.6 Å². The highest BCUT2D eigenvalue weighted by atomic mass is 19.1. The molecular weight excluding hydrogens is 280 g/mol. The number of halogens is 2. The van der Waals surface area contributed by atoms with Gasteiger partial charge in [0.05, 0.1) is 6.10 Å². The molecule has 5 nitrogen and oxygen atoms in total. The van der Waals surface area contributed by atoms with Gasteiger partial charge in [0.15, 0.2) is 5.84 Å². The zero-order chi connectivity index (χ0) is 15.1. The highest BCUT2D eigenvalue weighted by molar-refractivity contribution is 5.97. The van der Waals surface area contributed by atoms with E-state index in [4.69, 9.17) is 10.9 Å². The first-order valence-electron chi connectivity index (χ1n) is 6.94. The van der Waals surface area contributed by atoms with E-state index in [0.29, 0.717) is 12.8 Å². The number of piperidine rings is 1. The van der Waals surface area contributed by atoms with Crippen LogP contribution in [0.2, 0.25) is 0 Å².